The van der Waals surface area contributed by atoms with Gasteiger partial charge in [0, 0.05) is 12.0 Å². The SMILES string of the molecule is CCN1CCCC(c2ccccc2)(c2ccccc2)C1. The third-order valence-electron chi connectivity index (χ3n) is 4.67. The lowest BCUT2D eigenvalue weighted by Gasteiger charge is -2.43. The smallest absolute Gasteiger partial charge is 0.0330 e. The van der Waals surface area contributed by atoms with Crippen molar-refractivity contribution in [1.82, 2.24) is 4.90 Å². The first-order chi connectivity index (χ1) is 9.85. The molecule has 1 aliphatic rings. The van der Waals surface area contributed by atoms with E-state index < -0.39 is 0 Å². The number of nitrogens with zero attached hydrogens (tertiary/aromatic N) is 1. The second-order valence-corrected chi connectivity index (χ2v) is 5.79. The van der Waals surface area contributed by atoms with Crippen LogP contribution in [0.15, 0.2) is 60.7 Å². The summed E-state index contributed by atoms with van der Waals surface area (Å²) in [6, 6.07) is 22.1. The minimum atomic E-state index is 0.163. The Morgan fingerprint density at radius 1 is 0.900 bits per heavy atom. The van der Waals surface area contributed by atoms with Crippen LogP contribution < -0.4 is 0 Å². The van der Waals surface area contributed by atoms with Crippen LogP contribution in [0.4, 0.5) is 0 Å². The third kappa shape index (κ3) is 2.38. The molecule has 1 aliphatic heterocycles. The van der Waals surface area contributed by atoms with E-state index in [0.29, 0.717) is 0 Å². The van der Waals surface area contributed by atoms with Crippen LogP contribution in [0.25, 0.3) is 0 Å². The van der Waals surface area contributed by atoms with Crippen molar-refractivity contribution in [3.05, 3.63) is 71.8 Å². The molecule has 0 unspecified atom stereocenters. The molecule has 2 aromatic rings. The lowest BCUT2D eigenvalue weighted by Crippen LogP contribution is -2.46. The van der Waals surface area contributed by atoms with Gasteiger partial charge in [0.15, 0.2) is 0 Å². The van der Waals surface area contributed by atoms with Gasteiger partial charge in [0.25, 0.3) is 0 Å². The molecular formula is C19H23N. The molecule has 0 amide bonds. The summed E-state index contributed by atoms with van der Waals surface area (Å²) < 4.78 is 0. The summed E-state index contributed by atoms with van der Waals surface area (Å²) in [5.41, 5.74) is 3.09. The number of piperidine rings is 1. The fourth-order valence-corrected chi connectivity index (χ4v) is 3.57. The number of likely N-dealkylation sites (N-methyl/N-ethyl adjacent to an activating group) is 1. The van der Waals surface area contributed by atoms with Crippen LogP contribution in [0.5, 0.6) is 0 Å². The highest BCUT2D eigenvalue weighted by Crippen LogP contribution is 2.40. The maximum Gasteiger partial charge on any atom is 0.0330 e. The van der Waals surface area contributed by atoms with Crippen molar-refractivity contribution in [3.8, 4) is 0 Å². The summed E-state index contributed by atoms with van der Waals surface area (Å²) in [5.74, 6) is 0. The third-order valence-corrected chi connectivity index (χ3v) is 4.67. The zero-order valence-electron chi connectivity index (χ0n) is 12.3. The lowest BCUT2D eigenvalue weighted by molar-refractivity contribution is 0.176. The molecule has 0 aliphatic carbocycles. The molecule has 0 saturated carbocycles. The van der Waals surface area contributed by atoms with Crippen LogP contribution in [0.3, 0.4) is 0 Å². The highest BCUT2D eigenvalue weighted by molar-refractivity contribution is 5.40. The molecule has 104 valence electrons. The molecule has 2 aromatic carbocycles. The van der Waals surface area contributed by atoms with E-state index in [1.807, 2.05) is 0 Å². The lowest BCUT2D eigenvalue weighted by atomic mass is 9.69. The molecule has 0 atom stereocenters. The first-order valence-corrected chi connectivity index (χ1v) is 7.68. The molecule has 0 bridgehead atoms. The summed E-state index contributed by atoms with van der Waals surface area (Å²) in [5, 5.41) is 0. The Bertz CT molecular complexity index is 493. The zero-order chi connectivity index (χ0) is 13.8. The molecule has 3 rings (SSSR count). The van der Waals surface area contributed by atoms with Crippen LogP contribution in [0, 0.1) is 0 Å². The average molecular weight is 265 g/mol. The van der Waals surface area contributed by atoms with Crippen LogP contribution >= 0.6 is 0 Å². The standard InChI is InChI=1S/C19H23N/c1-2-20-15-9-14-19(16-20,17-10-5-3-6-11-17)18-12-7-4-8-13-18/h3-8,10-13H,2,9,14-16H2,1H3. The van der Waals surface area contributed by atoms with Crippen molar-refractivity contribution < 1.29 is 0 Å². The topological polar surface area (TPSA) is 3.24 Å². The number of rotatable bonds is 3. The largest absolute Gasteiger partial charge is 0.302 e. The van der Waals surface area contributed by atoms with E-state index in [2.05, 4.69) is 72.5 Å². The van der Waals surface area contributed by atoms with Gasteiger partial charge < -0.3 is 4.90 Å². The van der Waals surface area contributed by atoms with Crippen molar-refractivity contribution in [2.75, 3.05) is 19.6 Å². The Kier molecular flexibility index (Phi) is 3.88. The second-order valence-electron chi connectivity index (χ2n) is 5.79. The van der Waals surface area contributed by atoms with Crippen LogP contribution in [0.2, 0.25) is 0 Å². The van der Waals surface area contributed by atoms with Crippen LogP contribution in [-0.2, 0) is 5.41 Å². The molecule has 1 fully saturated rings. The van der Waals surface area contributed by atoms with E-state index in [1.165, 1.54) is 30.5 Å². The predicted octanol–water partition coefficient (Wildman–Crippen LogP) is 4.09. The van der Waals surface area contributed by atoms with Crippen molar-refractivity contribution in [1.29, 1.82) is 0 Å². The molecule has 0 N–H and O–H groups in total. The Hall–Kier alpha value is -1.60. The van der Waals surface area contributed by atoms with E-state index in [1.54, 1.807) is 0 Å². The van der Waals surface area contributed by atoms with Gasteiger partial charge in [0.1, 0.15) is 0 Å². The maximum absolute atomic E-state index is 2.59. The minimum Gasteiger partial charge on any atom is -0.302 e. The second kappa shape index (κ2) is 5.80. The highest BCUT2D eigenvalue weighted by Gasteiger charge is 2.37. The number of likely N-dealkylation sites (tertiary alicyclic amines) is 1. The van der Waals surface area contributed by atoms with E-state index in [4.69, 9.17) is 0 Å². The Labute approximate surface area is 122 Å². The molecule has 1 saturated heterocycles. The number of hydrogen-bond donors (Lipinski definition) is 0. The summed E-state index contributed by atoms with van der Waals surface area (Å²) in [7, 11) is 0. The van der Waals surface area contributed by atoms with Crippen molar-refractivity contribution in [2.24, 2.45) is 0 Å². The fourth-order valence-electron chi connectivity index (χ4n) is 3.57. The zero-order valence-corrected chi connectivity index (χ0v) is 12.3. The molecule has 0 radical (unpaired) electrons. The fraction of sp³-hybridized carbons (Fsp3) is 0.368. The number of benzene rings is 2. The van der Waals surface area contributed by atoms with E-state index in [-0.39, 0.29) is 5.41 Å². The highest BCUT2D eigenvalue weighted by atomic mass is 15.1. The number of hydrogen-bond acceptors (Lipinski definition) is 1. The van der Waals surface area contributed by atoms with Crippen LogP contribution in [-0.4, -0.2) is 24.5 Å². The van der Waals surface area contributed by atoms with Crippen molar-refractivity contribution in [2.45, 2.75) is 25.2 Å². The Balaban J connectivity index is 2.08. The Morgan fingerprint density at radius 2 is 1.45 bits per heavy atom. The summed E-state index contributed by atoms with van der Waals surface area (Å²) in [6.07, 6.45) is 2.52. The van der Waals surface area contributed by atoms with Gasteiger partial charge in [-0.3, -0.25) is 0 Å². The maximum atomic E-state index is 2.59. The summed E-state index contributed by atoms with van der Waals surface area (Å²) >= 11 is 0. The van der Waals surface area contributed by atoms with E-state index >= 15 is 0 Å². The molecule has 0 spiro atoms. The molecule has 20 heavy (non-hydrogen) atoms. The summed E-state index contributed by atoms with van der Waals surface area (Å²) in [4.78, 5) is 2.59. The average Bonchev–Trinajstić information content (AvgIpc) is 2.56. The van der Waals surface area contributed by atoms with Crippen molar-refractivity contribution >= 4 is 0 Å². The predicted molar refractivity (Wildman–Crippen MR) is 85.0 cm³/mol. The van der Waals surface area contributed by atoms with E-state index in [9.17, 15) is 0 Å². The molecule has 1 heteroatoms. The molecule has 1 nitrogen and oxygen atoms in total. The van der Waals surface area contributed by atoms with Gasteiger partial charge in [-0.25, -0.2) is 0 Å². The van der Waals surface area contributed by atoms with E-state index in [0.717, 1.165) is 13.1 Å². The molecular weight excluding hydrogens is 242 g/mol. The van der Waals surface area contributed by atoms with Crippen molar-refractivity contribution in [3.63, 3.8) is 0 Å². The van der Waals surface area contributed by atoms with Gasteiger partial charge in [-0.2, -0.15) is 0 Å². The normalized spacial score (nSPS) is 18.9. The van der Waals surface area contributed by atoms with Gasteiger partial charge >= 0.3 is 0 Å². The van der Waals surface area contributed by atoms with Crippen LogP contribution in [0.1, 0.15) is 30.9 Å². The van der Waals surface area contributed by atoms with Gasteiger partial charge in [0.2, 0.25) is 0 Å². The quantitative estimate of drug-likeness (QED) is 0.808. The minimum absolute atomic E-state index is 0.163. The molecule has 0 aromatic heterocycles. The summed E-state index contributed by atoms with van der Waals surface area (Å²) in [6.45, 7) is 5.78. The molecule has 1 heterocycles. The van der Waals surface area contributed by atoms with Gasteiger partial charge in [-0.05, 0) is 37.1 Å². The monoisotopic (exact) mass is 265 g/mol. The van der Waals surface area contributed by atoms with Gasteiger partial charge in [0.05, 0.1) is 0 Å². The first kappa shape index (κ1) is 13.4. The first-order valence-electron chi connectivity index (χ1n) is 7.68. The Morgan fingerprint density at radius 3 is 1.95 bits per heavy atom. The van der Waals surface area contributed by atoms with Gasteiger partial charge in [-0.15, -0.1) is 0 Å². The van der Waals surface area contributed by atoms with Gasteiger partial charge in [-0.1, -0.05) is 67.6 Å².